The number of rotatable bonds is 7. The second-order valence-electron chi connectivity index (χ2n) is 7.58. The Bertz CT molecular complexity index is 1330. The summed E-state index contributed by atoms with van der Waals surface area (Å²) in [5.74, 6) is -1.64. The van der Waals surface area contributed by atoms with Gasteiger partial charge in [0.2, 0.25) is 5.91 Å². The number of benzene rings is 3. The van der Waals surface area contributed by atoms with Crippen molar-refractivity contribution in [2.75, 3.05) is 12.4 Å². The smallest absolute Gasteiger partial charge is 0.254 e. The summed E-state index contributed by atoms with van der Waals surface area (Å²) in [6.07, 6.45) is 4.97. The molecular weight excluding hydrogens is 431 g/mol. The maximum atomic E-state index is 13.9. The van der Waals surface area contributed by atoms with Crippen molar-refractivity contribution in [1.29, 1.82) is 0 Å². The molecule has 0 atom stereocenters. The molecule has 0 saturated heterocycles. The van der Waals surface area contributed by atoms with E-state index < -0.39 is 17.6 Å². The monoisotopic (exact) mass is 454 g/mol. The van der Waals surface area contributed by atoms with Crippen molar-refractivity contribution in [1.82, 2.24) is 15.1 Å². The number of hydrogen-bond donors (Lipinski definition) is 2. The van der Waals surface area contributed by atoms with Crippen LogP contribution in [0.4, 0.5) is 10.1 Å². The van der Waals surface area contributed by atoms with Crippen molar-refractivity contribution in [3.63, 3.8) is 0 Å². The molecule has 1 heterocycles. The number of aromatic nitrogens is 2. The van der Waals surface area contributed by atoms with Gasteiger partial charge in [0, 0.05) is 36.1 Å². The van der Waals surface area contributed by atoms with Gasteiger partial charge in [-0.3, -0.25) is 14.3 Å². The zero-order valence-corrected chi connectivity index (χ0v) is 18.5. The third-order valence-corrected chi connectivity index (χ3v) is 5.14. The highest BCUT2D eigenvalue weighted by atomic mass is 19.1. The van der Waals surface area contributed by atoms with Crippen molar-refractivity contribution >= 4 is 23.6 Å². The largest absolute Gasteiger partial charge is 0.355 e. The molecule has 0 spiro atoms. The van der Waals surface area contributed by atoms with Crippen molar-refractivity contribution < 1.29 is 14.0 Å². The van der Waals surface area contributed by atoms with Crippen molar-refractivity contribution in [3.05, 3.63) is 114 Å². The highest BCUT2D eigenvalue weighted by molar-refractivity contribution is 6.03. The zero-order valence-electron chi connectivity index (χ0n) is 18.5. The molecule has 2 N–H and O–H groups in total. The Kier molecular flexibility index (Phi) is 6.93. The first-order valence-electron chi connectivity index (χ1n) is 10.7. The topological polar surface area (TPSA) is 76.0 Å². The molecule has 170 valence electrons. The fraction of sp³-hybridized carbons (Fsp3) is 0.0741. The van der Waals surface area contributed by atoms with Gasteiger partial charge in [-0.15, -0.1) is 0 Å². The second-order valence-corrected chi connectivity index (χ2v) is 7.58. The Morgan fingerprint density at radius 3 is 2.41 bits per heavy atom. The second kappa shape index (κ2) is 10.4. The normalized spacial score (nSPS) is 10.9. The van der Waals surface area contributed by atoms with Crippen LogP contribution < -0.4 is 10.6 Å². The maximum Gasteiger partial charge on any atom is 0.254 e. The lowest BCUT2D eigenvalue weighted by Crippen LogP contribution is -2.19. The van der Waals surface area contributed by atoms with Gasteiger partial charge in [0.15, 0.2) is 0 Å². The number of carbonyl (C=O) groups excluding carboxylic acids is 2. The number of nitrogens with zero attached hydrogens (tertiary/aromatic N) is 2. The molecule has 0 aliphatic heterocycles. The first-order chi connectivity index (χ1) is 16.5. The van der Waals surface area contributed by atoms with Crippen LogP contribution in [0.3, 0.4) is 0 Å². The van der Waals surface area contributed by atoms with Crippen LogP contribution in [0.5, 0.6) is 0 Å². The summed E-state index contributed by atoms with van der Waals surface area (Å²) < 4.78 is 15.7. The van der Waals surface area contributed by atoms with Gasteiger partial charge in [-0.05, 0) is 29.8 Å². The third kappa shape index (κ3) is 5.45. The molecule has 0 radical (unpaired) electrons. The Morgan fingerprint density at radius 2 is 1.71 bits per heavy atom. The number of anilines is 1. The van der Waals surface area contributed by atoms with Crippen LogP contribution in [0.2, 0.25) is 0 Å². The number of halogens is 1. The van der Waals surface area contributed by atoms with Crippen molar-refractivity contribution in [3.8, 4) is 11.3 Å². The zero-order chi connectivity index (χ0) is 23.9. The minimum atomic E-state index is -0.661. The molecule has 0 saturated carbocycles. The molecule has 4 aromatic rings. The van der Waals surface area contributed by atoms with E-state index in [4.69, 9.17) is 5.10 Å². The predicted molar refractivity (Wildman–Crippen MR) is 131 cm³/mol. The first kappa shape index (κ1) is 22.7. The van der Waals surface area contributed by atoms with Crippen molar-refractivity contribution in [2.45, 2.75) is 6.54 Å². The summed E-state index contributed by atoms with van der Waals surface area (Å²) in [5.41, 5.74) is 3.76. The Morgan fingerprint density at radius 1 is 1.00 bits per heavy atom. The van der Waals surface area contributed by atoms with Crippen LogP contribution in [0, 0.1) is 5.82 Å². The van der Waals surface area contributed by atoms with Gasteiger partial charge in [-0.1, -0.05) is 60.7 Å². The summed E-state index contributed by atoms with van der Waals surface area (Å²) in [7, 11) is 1.41. The van der Waals surface area contributed by atoms with Gasteiger partial charge in [0.1, 0.15) is 5.82 Å². The molecule has 0 aliphatic carbocycles. The summed E-state index contributed by atoms with van der Waals surface area (Å²) >= 11 is 0. The number of amides is 2. The van der Waals surface area contributed by atoms with E-state index in [2.05, 4.69) is 10.6 Å². The van der Waals surface area contributed by atoms with Gasteiger partial charge < -0.3 is 10.6 Å². The van der Waals surface area contributed by atoms with Crippen LogP contribution in [-0.4, -0.2) is 28.6 Å². The maximum absolute atomic E-state index is 13.9. The Labute approximate surface area is 196 Å². The minimum Gasteiger partial charge on any atom is -0.355 e. The van der Waals surface area contributed by atoms with Gasteiger partial charge in [-0.25, -0.2) is 4.39 Å². The van der Waals surface area contributed by atoms with Crippen LogP contribution in [-0.2, 0) is 11.3 Å². The van der Waals surface area contributed by atoms with E-state index in [9.17, 15) is 14.0 Å². The lowest BCUT2D eigenvalue weighted by atomic mass is 10.1. The summed E-state index contributed by atoms with van der Waals surface area (Å²) in [5, 5.41) is 9.78. The van der Waals surface area contributed by atoms with E-state index in [0.717, 1.165) is 28.5 Å². The fourth-order valence-electron chi connectivity index (χ4n) is 3.49. The SMILES string of the molecule is CNC(=O)c1cc(NC(=O)/C=C/c2cn(Cc3ccccc3)nc2-c2ccccc2)ccc1F. The van der Waals surface area contributed by atoms with E-state index in [1.54, 1.807) is 6.08 Å². The third-order valence-electron chi connectivity index (χ3n) is 5.14. The van der Waals surface area contributed by atoms with E-state index >= 15 is 0 Å². The summed E-state index contributed by atoms with van der Waals surface area (Å²) in [6.45, 7) is 0.596. The summed E-state index contributed by atoms with van der Waals surface area (Å²) in [6, 6.07) is 23.6. The fourth-order valence-corrected chi connectivity index (χ4v) is 3.49. The number of hydrogen-bond acceptors (Lipinski definition) is 3. The lowest BCUT2D eigenvalue weighted by Gasteiger charge is -2.06. The molecule has 6 nitrogen and oxygen atoms in total. The van der Waals surface area contributed by atoms with E-state index in [0.29, 0.717) is 12.2 Å². The van der Waals surface area contributed by atoms with Crippen LogP contribution >= 0.6 is 0 Å². The predicted octanol–water partition coefficient (Wildman–Crippen LogP) is 4.75. The minimum absolute atomic E-state index is 0.141. The lowest BCUT2D eigenvalue weighted by molar-refractivity contribution is -0.111. The highest BCUT2D eigenvalue weighted by Crippen LogP contribution is 2.24. The van der Waals surface area contributed by atoms with E-state index in [1.807, 2.05) is 71.5 Å². The first-order valence-corrected chi connectivity index (χ1v) is 10.7. The van der Waals surface area contributed by atoms with Crippen molar-refractivity contribution in [2.24, 2.45) is 0 Å². The average molecular weight is 455 g/mol. The summed E-state index contributed by atoms with van der Waals surface area (Å²) in [4.78, 5) is 24.3. The van der Waals surface area contributed by atoms with E-state index in [-0.39, 0.29) is 5.56 Å². The average Bonchev–Trinajstić information content (AvgIpc) is 3.27. The molecule has 1 aromatic heterocycles. The van der Waals surface area contributed by atoms with E-state index in [1.165, 1.54) is 25.3 Å². The van der Waals surface area contributed by atoms with Crippen LogP contribution in [0.25, 0.3) is 17.3 Å². The molecule has 0 fully saturated rings. The molecule has 0 aliphatic rings. The standard InChI is InChI=1S/C27H23FN4O2/c1-29-27(34)23-16-22(13-14-24(23)28)30-25(33)15-12-21-18-32(17-19-8-4-2-5-9-19)31-26(21)20-10-6-3-7-11-20/h2-16,18H,17H2,1H3,(H,29,34)(H,30,33)/b15-12+. The van der Waals surface area contributed by atoms with Gasteiger partial charge >= 0.3 is 0 Å². The van der Waals surface area contributed by atoms with Crippen LogP contribution in [0.15, 0.2) is 91.1 Å². The molecule has 0 bridgehead atoms. The molecule has 0 unspecified atom stereocenters. The molecule has 2 amide bonds. The highest BCUT2D eigenvalue weighted by Gasteiger charge is 2.13. The molecule has 34 heavy (non-hydrogen) atoms. The molecule has 3 aromatic carbocycles. The Hall–Kier alpha value is -4.52. The number of nitrogens with one attached hydrogen (secondary N) is 2. The van der Waals surface area contributed by atoms with Crippen LogP contribution in [0.1, 0.15) is 21.5 Å². The van der Waals surface area contributed by atoms with Gasteiger partial charge in [-0.2, -0.15) is 5.10 Å². The number of carbonyl (C=O) groups is 2. The quantitative estimate of drug-likeness (QED) is 0.396. The molecule has 4 rings (SSSR count). The van der Waals surface area contributed by atoms with Gasteiger partial charge in [0.25, 0.3) is 5.91 Å². The molecular formula is C27H23FN4O2. The Balaban J connectivity index is 1.57. The van der Waals surface area contributed by atoms with Gasteiger partial charge in [0.05, 0.1) is 17.8 Å². The molecule has 7 heteroatoms.